The predicted molar refractivity (Wildman–Crippen MR) is 99.5 cm³/mol. The highest BCUT2D eigenvalue weighted by atomic mass is 16.5. The second kappa shape index (κ2) is 8.79. The van der Waals surface area contributed by atoms with Gasteiger partial charge in [-0.25, -0.2) is 0 Å². The summed E-state index contributed by atoms with van der Waals surface area (Å²) in [7, 11) is 0. The quantitative estimate of drug-likeness (QED) is 0.880. The minimum Gasteiger partial charge on any atom is -0.371 e. The van der Waals surface area contributed by atoms with Crippen LogP contribution in [0.25, 0.3) is 0 Å². The van der Waals surface area contributed by atoms with Gasteiger partial charge in [0.25, 0.3) is 0 Å². The first kappa shape index (κ1) is 17.6. The lowest BCUT2D eigenvalue weighted by molar-refractivity contribution is -0.120. The van der Waals surface area contributed by atoms with Crippen LogP contribution < -0.4 is 5.32 Å². The Hall–Kier alpha value is -2.17. The topological polar surface area (TPSA) is 41.6 Å². The SMILES string of the molecule is Cc1cccc(CC(=O)NCCN2CCOC(c3ccccc3)C2)c1. The molecule has 2 aromatic carbocycles. The van der Waals surface area contributed by atoms with Crippen molar-refractivity contribution >= 4 is 5.91 Å². The lowest BCUT2D eigenvalue weighted by Crippen LogP contribution is -2.42. The van der Waals surface area contributed by atoms with Crippen molar-refractivity contribution < 1.29 is 9.53 Å². The lowest BCUT2D eigenvalue weighted by Gasteiger charge is -2.33. The van der Waals surface area contributed by atoms with Gasteiger partial charge in [0.2, 0.25) is 5.91 Å². The number of rotatable bonds is 6. The highest BCUT2D eigenvalue weighted by Crippen LogP contribution is 2.21. The van der Waals surface area contributed by atoms with E-state index >= 15 is 0 Å². The molecule has 1 aliphatic rings. The van der Waals surface area contributed by atoms with Gasteiger partial charge in [0, 0.05) is 26.2 Å². The largest absolute Gasteiger partial charge is 0.371 e. The highest BCUT2D eigenvalue weighted by Gasteiger charge is 2.21. The van der Waals surface area contributed by atoms with Crippen LogP contribution in [0.5, 0.6) is 0 Å². The summed E-state index contributed by atoms with van der Waals surface area (Å²) in [5.74, 6) is 0.0819. The fraction of sp³-hybridized carbons (Fsp3) is 0.381. The molecule has 1 heterocycles. The summed E-state index contributed by atoms with van der Waals surface area (Å²) in [6.45, 7) is 6.09. The molecule has 4 heteroatoms. The summed E-state index contributed by atoms with van der Waals surface area (Å²) in [6, 6.07) is 18.4. The van der Waals surface area contributed by atoms with Crippen molar-refractivity contribution in [2.24, 2.45) is 0 Å². The first-order valence-electron chi connectivity index (χ1n) is 8.92. The van der Waals surface area contributed by atoms with Crippen molar-refractivity contribution in [3.63, 3.8) is 0 Å². The molecule has 1 unspecified atom stereocenters. The van der Waals surface area contributed by atoms with E-state index in [0.29, 0.717) is 13.0 Å². The van der Waals surface area contributed by atoms with E-state index in [1.54, 1.807) is 0 Å². The Kier molecular flexibility index (Phi) is 6.20. The van der Waals surface area contributed by atoms with E-state index in [1.165, 1.54) is 11.1 Å². The molecule has 0 radical (unpaired) electrons. The van der Waals surface area contributed by atoms with Gasteiger partial charge in [-0.1, -0.05) is 60.2 Å². The van der Waals surface area contributed by atoms with Crippen molar-refractivity contribution in [1.29, 1.82) is 0 Å². The Morgan fingerprint density at radius 3 is 2.84 bits per heavy atom. The zero-order chi connectivity index (χ0) is 17.5. The van der Waals surface area contributed by atoms with E-state index in [4.69, 9.17) is 4.74 Å². The Bertz CT molecular complexity index is 687. The van der Waals surface area contributed by atoms with Crippen molar-refractivity contribution in [3.8, 4) is 0 Å². The smallest absolute Gasteiger partial charge is 0.224 e. The van der Waals surface area contributed by atoms with Crippen LogP contribution in [0.15, 0.2) is 54.6 Å². The molecule has 0 aromatic heterocycles. The average molecular weight is 338 g/mol. The maximum absolute atomic E-state index is 12.1. The monoisotopic (exact) mass is 338 g/mol. The fourth-order valence-electron chi connectivity index (χ4n) is 3.20. The third kappa shape index (κ3) is 5.41. The van der Waals surface area contributed by atoms with Crippen molar-refractivity contribution in [1.82, 2.24) is 10.2 Å². The molecule has 25 heavy (non-hydrogen) atoms. The molecule has 1 atom stereocenters. The average Bonchev–Trinajstić information content (AvgIpc) is 2.63. The summed E-state index contributed by atoms with van der Waals surface area (Å²) in [5.41, 5.74) is 3.47. The van der Waals surface area contributed by atoms with E-state index in [0.717, 1.165) is 31.8 Å². The molecule has 0 bridgehead atoms. The summed E-state index contributed by atoms with van der Waals surface area (Å²) in [5, 5.41) is 3.03. The number of aryl methyl sites for hydroxylation is 1. The molecule has 0 aliphatic carbocycles. The number of carbonyl (C=O) groups excluding carboxylic acids is 1. The molecular formula is C21H26N2O2. The minimum absolute atomic E-state index is 0.0819. The Morgan fingerprint density at radius 1 is 1.20 bits per heavy atom. The molecule has 3 rings (SSSR count). The number of hydrogen-bond donors (Lipinski definition) is 1. The van der Waals surface area contributed by atoms with Gasteiger partial charge >= 0.3 is 0 Å². The molecule has 2 aromatic rings. The zero-order valence-electron chi connectivity index (χ0n) is 14.8. The van der Waals surface area contributed by atoms with Crippen molar-refractivity contribution in [2.45, 2.75) is 19.4 Å². The molecule has 1 saturated heterocycles. The second-order valence-electron chi connectivity index (χ2n) is 6.59. The normalized spacial score (nSPS) is 18.0. The number of nitrogens with zero attached hydrogens (tertiary/aromatic N) is 1. The van der Waals surface area contributed by atoms with Gasteiger partial charge < -0.3 is 10.1 Å². The third-order valence-corrected chi connectivity index (χ3v) is 4.52. The number of ether oxygens (including phenoxy) is 1. The van der Waals surface area contributed by atoms with Gasteiger partial charge in [-0.15, -0.1) is 0 Å². The van der Waals surface area contributed by atoms with E-state index in [9.17, 15) is 4.79 Å². The van der Waals surface area contributed by atoms with Crippen LogP contribution in [0.4, 0.5) is 0 Å². The van der Waals surface area contributed by atoms with Crippen molar-refractivity contribution in [3.05, 3.63) is 71.3 Å². The van der Waals surface area contributed by atoms with Gasteiger partial charge in [0.05, 0.1) is 19.1 Å². The number of benzene rings is 2. The van der Waals surface area contributed by atoms with Gasteiger partial charge in [-0.2, -0.15) is 0 Å². The van der Waals surface area contributed by atoms with Crippen LogP contribution in [0.2, 0.25) is 0 Å². The van der Waals surface area contributed by atoms with Crippen LogP contribution in [0.3, 0.4) is 0 Å². The first-order valence-corrected chi connectivity index (χ1v) is 8.92. The number of nitrogens with one attached hydrogen (secondary N) is 1. The molecule has 0 saturated carbocycles. The molecular weight excluding hydrogens is 312 g/mol. The molecule has 4 nitrogen and oxygen atoms in total. The van der Waals surface area contributed by atoms with Crippen LogP contribution in [-0.2, 0) is 16.0 Å². The Labute approximate surface area is 149 Å². The van der Waals surface area contributed by atoms with Crippen LogP contribution in [0.1, 0.15) is 22.8 Å². The van der Waals surface area contributed by atoms with Crippen molar-refractivity contribution in [2.75, 3.05) is 32.8 Å². The molecule has 1 N–H and O–H groups in total. The molecule has 1 amide bonds. The molecule has 1 fully saturated rings. The van der Waals surface area contributed by atoms with Gasteiger partial charge in [0.15, 0.2) is 0 Å². The van der Waals surface area contributed by atoms with E-state index in [2.05, 4.69) is 28.4 Å². The standard InChI is InChI=1S/C21H26N2O2/c1-17-6-5-7-18(14-17)15-21(24)22-10-11-23-12-13-25-20(16-23)19-8-3-2-4-9-19/h2-9,14,20H,10-13,15-16H2,1H3,(H,22,24). The van der Waals surface area contributed by atoms with Gasteiger partial charge in [-0.3, -0.25) is 9.69 Å². The number of hydrogen-bond acceptors (Lipinski definition) is 3. The van der Waals surface area contributed by atoms with Gasteiger partial charge in [-0.05, 0) is 18.1 Å². The van der Waals surface area contributed by atoms with E-state index < -0.39 is 0 Å². The summed E-state index contributed by atoms with van der Waals surface area (Å²) in [6.07, 6.45) is 0.565. The highest BCUT2D eigenvalue weighted by molar-refractivity contribution is 5.78. The first-order chi connectivity index (χ1) is 12.2. The Balaban J connectivity index is 1.41. The third-order valence-electron chi connectivity index (χ3n) is 4.52. The molecule has 132 valence electrons. The number of carbonyl (C=O) groups is 1. The van der Waals surface area contributed by atoms with Gasteiger partial charge in [0.1, 0.15) is 0 Å². The van der Waals surface area contributed by atoms with Crippen LogP contribution in [-0.4, -0.2) is 43.6 Å². The van der Waals surface area contributed by atoms with E-state index in [1.807, 2.05) is 43.3 Å². The summed E-state index contributed by atoms with van der Waals surface area (Å²) < 4.78 is 5.88. The predicted octanol–water partition coefficient (Wildman–Crippen LogP) is 2.73. The minimum atomic E-state index is 0.0819. The second-order valence-corrected chi connectivity index (χ2v) is 6.59. The fourth-order valence-corrected chi connectivity index (χ4v) is 3.20. The summed E-state index contributed by atoms with van der Waals surface area (Å²) >= 11 is 0. The maximum atomic E-state index is 12.1. The lowest BCUT2D eigenvalue weighted by atomic mass is 10.1. The molecule has 0 spiro atoms. The summed E-state index contributed by atoms with van der Waals surface area (Å²) in [4.78, 5) is 14.5. The number of amides is 1. The van der Waals surface area contributed by atoms with Crippen LogP contribution >= 0.6 is 0 Å². The maximum Gasteiger partial charge on any atom is 0.224 e. The number of morpholine rings is 1. The Morgan fingerprint density at radius 2 is 2.04 bits per heavy atom. The zero-order valence-corrected chi connectivity index (χ0v) is 14.8. The van der Waals surface area contributed by atoms with E-state index in [-0.39, 0.29) is 12.0 Å². The van der Waals surface area contributed by atoms with Crippen LogP contribution in [0, 0.1) is 6.92 Å². The molecule has 1 aliphatic heterocycles.